The van der Waals surface area contributed by atoms with Gasteiger partial charge in [0, 0.05) is 13.1 Å². The van der Waals surface area contributed by atoms with Gasteiger partial charge in [0.1, 0.15) is 0 Å². The highest BCUT2D eigenvalue weighted by atomic mass is 19.1. The average molecular weight is 215 g/mol. The SMILES string of the molecule is CCCCN1CCC(C(C)(C)C)CC1F. The van der Waals surface area contributed by atoms with Crippen LogP contribution in [0, 0.1) is 11.3 Å². The molecular weight excluding hydrogens is 189 g/mol. The first-order valence-corrected chi connectivity index (χ1v) is 6.33. The summed E-state index contributed by atoms with van der Waals surface area (Å²) in [6, 6.07) is 0. The minimum absolute atomic E-state index is 0.265. The van der Waals surface area contributed by atoms with Crippen molar-refractivity contribution in [1.82, 2.24) is 4.90 Å². The molecule has 0 aliphatic carbocycles. The summed E-state index contributed by atoms with van der Waals surface area (Å²) >= 11 is 0. The van der Waals surface area contributed by atoms with E-state index in [1.165, 1.54) is 0 Å². The number of nitrogens with zero attached hydrogens (tertiary/aromatic N) is 1. The molecule has 2 unspecified atom stereocenters. The Kier molecular flexibility index (Phi) is 4.57. The maximum atomic E-state index is 13.9. The van der Waals surface area contributed by atoms with Crippen molar-refractivity contribution < 1.29 is 4.39 Å². The number of hydrogen-bond donors (Lipinski definition) is 0. The Morgan fingerprint density at radius 3 is 2.47 bits per heavy atom. The Hall–Kier alpha value is -0.110. The van der Waals surface area contributed by atoms with Crippen molar-refractivity contribution in [1.29, 1.82) is 0 Å². The van der Waals surface area contributed by atoms with Gasteiger partial charge in [0.2, 0.25) is 0 Å². The molecule has 0 aromatic heterocycles. The van der Waals surface area contributed by atoms with E-state index in [1.807, 2.05) is 4.90 Å². The van der Waals surface area contributed by atoms with Gasteiger partial charge < -0.3 is 0 Å². The first-order chi connectivity index (χ1) is 6.95. The van der Waals surface area contributed by atoms with Gasteiger partial charge in [-0.2, -0.15) is 0 Å². The lowest BCUT2D eigenvalue weighted by Gasteiger charge is -2.40. The fourth-order valence-electron chi connectivity index (χ4n) is 2.36. The van der Waals surface area contributed by atoms with Gasteiger partial charge in [0.15, 0.2) is 6.30 Å². The Morgan fingerprint density at radius 2 is 2.00 bits per heavy atom. The predicted octanol–water partition coefficient (Wildman–Crippen LogP) is 3.84. The summed E-state index contributed by atoms with van der Waals surface area (Å²) in [5.74, 6) is 0.547. The summed E-state index contributed by atoms with van der Waals surface area (Å²) in [5, 5.41) is 0. The zero-order valence-corrected chi connectivity index (χ0v) is 10.7. The fraction of sp³-hybridized carbons (Fsp3) is 1.00. The molecule has 0 N–H and O–H groups in total. The molecule has 0 aromatic carbocycles. The van der Waals surface area contributed by atoms with Crippen LogP contribution in [0.25, 0.3) is 0 Å². The van der Waals surface area contributed by atoms with Gasteiger partial charge in [0.05, 0.1) is 0 Å². The minimum atomic E-state index is -0.700. The van der Waals surface area contributed by atoms with Gasteiger partial charge in [-0.15, -0.1) is 0 Å². The topological polar surface area (TPSA) is 3.24 Å². The van der Waals surface area contributed by atoms with Crippen molar-refractivity contribution in [2.75, 3.05) is 13.1 Å². The Balaban J connectivity index is 2.41. The third-order valence-corrected chi connectivity index (χ3v) is 3.66. The van der Waals surface area contributed by atoms with Crippen molar-refractivity contribution in [3.8, 4) is 0 Å². The third kappa shape index (κ3) is 3.75. The second-order valence-electron chi connectivity index (χ2n) is 5.91. The molecule has 0 saturated carbocycles. The first-order valence-electron chi connectivity index (χ1n) is 6.33. The molecule has 0 bridgehead atoms. The van der Waals surface area contributed by atoms with E-state index in [0.717, 1.165) is 38.8 Å². The summed E-state index contributed by atoms with van der Waals surface area (Å²) in [6.07, 6.45) is 3.47. The lowest BCUT2D eigenvalue weighted by Crippen LogP contribution is -2.43. The highest BCUT2D eigenvalue weighted by molar-refractivity contribution is 4.82. The molecule has 2 atom stereocenters. The number of unbranched alkanes of at least 4 members (excludes halogenated alkanes) is 1. The minimum Gasteiger partial charge on any atom is -0.274 e. The van der Waals surface area contributed by atoms with E-state index >= 15 is 0 Å². The van der Waals surface area contributed by atoms with E-state index in [-0.39, 0.29) is 5.41 Å². The maximum absolute atomic E-state index is 13.9. The third-order valence-electron chi connectivity index (χ3n) is 3.66. The van der Waals surface area contributed by atoms with Crippen LogP contribution in [0.1, 0.15) is 53.4 Å². The van der Waals surface area contributed by atoms with E-state index in [1.54, 1.807) is 0 Å². The molecule has 0 radical (unpaired) electrons. The molecule has 1 nitrogen and oxygen atoms in total. The first kappa shape index (κ1) is 13.0. The molecule has 15 heavy (non-hydrogen) atoms. The highest BCUT2D eigenvalue weighted by Crippen LogP contribution is 2.37. The molecule has 1 aliphatic rings. The molecule has 1 aliphatic heterocycles. The average Bonchev–Trinajstić information content (AvgIpc) is 2.14. The summed E-state index contributed by atoms with van der Waals surface area (Å²) < 4.78 is 13.9. The van der Waals surface area contributed by atoms with Gasteiger partial charge in [-0.25, -0.2) is 4.39 Å². The van der Waals surface area contributed by atoms with Gasteiger partial charge >= 0.3 is 0 Å². The molecule has 0 spiro atoms. The number of rotatable bonds is 3. The molecule has 2 heteroatoms. The van der Waals surface area contributed by atoms with Crippen LogP contribution in [0.4, 0.5) is 4.39 Å². The Bertz CT molecular complexity index is 185. The summed E-state index contributed by atoms with van der Waals surface area (Å²) in [6.45, 7) is 10.7. The van der Waals surface area contributed by atoms with Crippen molar-refractivity contribution in [3.63, 3.8) is 0 Å². The van der Waals surface area contributed by atoms with Crippen molar-refractivity contribution in [2.45, 2.75) is 59.7 Å². The van der Waals surface area contributed by atoms with Gasteiger partial charge in [-0.3, -0.25) is 4.90 Å². The van der Waals surface area contributed by atoms with Crippen molar-refractivity contribution >= 4 is 0 Å². The number of halogens is 1. The van der Waals surface area contributed by atoms with Crippen LogP contribution >= 0.6 is 0 Å². The zero-order chi connectivity index (χ0) is 11.5. The molecule has 1 rings (SSSR count). The summed E-state index contributed by atoms with van der Waals surface area (Å²) in [7, 11) is 0. The lowest BCUT2D eigenvalue weighted by atomic mass is 9.75. The molecule has 90 valence electrons. The van der Waals surface area contributed by atoms with Crippen LogP contribution in [0.3, 0.4) is 0 Å². The molecule has 1 heterocycles. The quantitative estimate of drug-likeness (QED) is 0.647. The highest BCUT2D eigenvalue weighted by Gasteiger charge is 2.34. The molecule has 1 saturated heterocycles. The second kappa shape index (κ2) is 5.29. The molecular formula is C13H26FN. The van der Waals surface area contributed by atoms with Crippen LogP contribution < -0.4 is 0 Å². The Morgan fingerprint density at radius 1 is 1.33 bits per heavy atom. The van der Waals surface area contributed by atoms with E-state index in [4.69, 9.17) is 0 Å². The largest absolute Gasteiger partial charge is 0.274 e. The molecule has 0 aromatic rings. The normalized spacial score (nSPS) is 29.4. The van der Waals surface area contributed by atoms with Crippen molar-refractivity contribution in [2.24, 2.45) is 11.3 Å². The van der Waals surface area contributed by atoms with E-state index in [9.17, 15) is 4.39 Å². The monoisotopic (exact) mass is 215 g/mol. The second-order valence-corrected chi connectivity index (χ2v) is 5.91. The smallest absolute Gasteiger partial charge is 0.153 e. The van der Waals surface area contributed by atoms with E-state index in [2.05, 4.69) is 27.7 Å². The fourth-order valence-corrected chi connectivity index (χ4v) is 2.36. The summed E-state index contributed by atoms with van der Waals surface area (Å²) in [4.78, 5) is 2.02. The predicted molar refractivity (Wildman–Crippen MR) is 63.6 cm³/mol. The Labute approximate surface area is 94.0 Å². The van der Waals surface area contributed by atoms with Gasteiger partial charge in [-0.1, -0.05) is 34.1 Å². The number of hydrogen-bond acceptors (Lipinski definition) is 1. The van der Waals surface area contributed by atoms with Crippen LogP contribution in [0.2, 0.25) is 0 Å². The van der Waals surface area contributed by atoms with Crippen LogP contribution in [-0.4, -0.2) is 24.3 Å². The zero-order valence-electron chi connectivity index (χ0n) is 10.7. The van der Waals surface area contributed by atoms with Crippen LogP contribution in [0.15, 0.2) is 0 Å². The summed E-state index contributed by atoms with van der Waals surface area (Å²) in [5.41, 5.74) is 0.265. The standard InChI is InChI=1S/C13H26FN/c1-5-6-8-15-9-7-11(10-12(15)14)13(2,3)4/h11-12H,5-10H2,1-4H3. The van der Waals surface area contributed by atoms with Crippen molar-refractivity contribution in [3.05, 3.63) is 0 Å². The van der Waals surface area contributed by atoms with E-state index < -0.39 is 6.30 Å². The molecule has 1 fully saturated rings. The van der Waals surface area contributed by atoms with Crippen LogP contribution in [0.5, 0.6) is 0 Å². The molecule has 0 amide bonds. The van der Waals surface area contributed by atoms with Crippen LogP contribution in [-0.2, 0) is 0 Å². The maximum Gasteiger partial charge on any atom is 0.153 e. The van der Waals surface area contributed by atoms with Gasteiger partial charge in [0.25, 0.3) is 0 Å². The number of piperidine rings is 1. The van der Waals surface area contributed by atoms with Gasteiger partial charge in [-0.05, 0) is 30.6 Å². The van der Waals surface area contributed by atoms with E-state index in [0.29, 0.717) is 5.92 Å². The number of alkyl halides is 1. The number of likely N-dealkylation sites (tertiary alicyclic amines) is 1. The lowest BCUT2D eigenvalue weighted by molar-refractivity contribution is -0.00801.